The zero-order chi connectivity index (χ0) is 13.9. The van der Waals surface area contributed by atoms with Gasteiger partial charge < -0.3 is 14.5 Å². The summed E-state index contributed by atoms with van der Waals surface area (Å²) in [4.78, 5) is 11.2. The van der Waals surface area contributed by atoms with Gasteiger partial charge in [0.05, 0.1) is 13.7 Å². The lowest BCUT2D eigenvalue weighted by Gasteiger charge is -2.03. The predicted octanol–water partition coefficient (Wildman–Crippen LogP) is 3.52. The predicted molar refractivity (Wildman–Crippen MR) is 75.1 cm³/mol. The lowest BCUT2D eigenvalue weighted by Crippen LogP contribution is -2.14. The first-order valence-corrected chi connectivity index (χ1v) is 7.15. The van der Waals surface area contributed by atoms with Crippen molar-refractivity contribution < 1.29 is 13.9 Å². The fourth-order valence-electron chi connectivity index (χ4n) is 1.93. The van der Waals surface area contributed by atoms with Crippen LogP contribution in [0.5, 0.6) is 0 Å². The first kappa shape index (κ1) is 15.8. The first-order valence-electron chi connectivity index (χ1n) is 7.15. The van der Waals surface area contributed by atoms with Gasteiger partial charge in [0.15, 0.2) is 0 Å². The number of ether oxygens (including phenoxy) is 1. The van der Waals surface area contributed by atoms with E-state index in [4.69, 9.17) is 4.42 Å². The Labute approximate surface area is 115 Å². The summed E-state index contributed by atoms with van der Waals surface area (Å²) in [5.74, 6) is 0.604. The summed E-state index contributed by atoms with van der Waals surface area (Å²) >= 11 is 0. The van der Waals surface area contributed by atoms with Gasteiger partial charge in [-0.05, 0) is 25.1 Å². The molecule has 1 rings (SSSR count). The summed E-state index contributed by atoms with van der Waals surface area (Å²) in [5.41, 5.74) is 0. The van der Waals surface area contributed by atoms with Crippen molar-refractivity contribution in [2.45, 2.75) is 52.0 Å². The van der Waals surface area contributed by atoms with E-state index in [0.717, 1.165) is 12.3 Å². The standard InChI is InChI=1S/C15H25NO3/c1-3-4-5-6-7-8-11-16-12-13-9-10-14(19-13)15(17)18-2/h9-10,16H,3-8,11-12H2,1-2H3. The molecule has 4 nitrogen and oxygen atoms in total. The van der Waals surface area contributed by atoms with Crippen molar-refractivity contribution >= 4 is 5.97 Å². The maximum Gasteiger partial charge on any atom is 0.373 e. The highest BCUT2D eigenvalue weighted by Gasteiger charge is 2.10. The zero-order valence-corrected chi connectivity index (χ0v) is 12.0. The second-order valence-corrected chi connectivity index (χ2v) is 4.70. The van der Waals surface area contributed by atoms with E-state index in [2.05, 4.69) is 17.0 Å². The summed E-state index contributed by atoms with van der Waals surface area (Å²) in [6.07, 6.45) is 7.77. The van der Waals surface area contributed by atoms with Gasteiger partial charge in [-0.3, -0.25) is 0 Å². The molecule has 0 bridgehead atoms. The Morgan fingerprint density at radius 1 is 1.21 bits per heavy atom. The summed E-state index contributed by atoms with van der Waals surface area (Å²) in [6, 6.07) is 3.45. The van der Waals surface area contributed by atoms with E-state index in [0.29, 0.717) is 6.54 Å². The molecule has 0 aliphatic heterocycles. The molecule has 0 radical (unpaired) electrons. The first-order chi connectivity index (χ1) is 9.27. The van der Waals surface area contributed by atoms with E-state index in [1.807, 2.05) is 0 Å². The molecule has 0 amide bonds. The van der Waals surface area contributed by atoms with Gasteiger partial charge in [0, 0.05) is 0 Å². The molecule has 0 unspecified atom stereocenters. The number of hydrogen-bond acceptors (Lipinski definition) is 4. The van der Waals surface area contributed by atoms with Gasteiger partial charge in [-0.1, -0.05) is 39.0 Å². The third-order valence-electron chi connectivity index (χ3n) is 3.05. The minimum Gasteiger partial charge on any atom is -0.463 e. The van der Waals surface area contributed by atoms with Gasteiger partial charge in [0.1, 0.15) is 5.76 Å². The third kappa shape index (κ3) is 6.43. The molecule has 108 valence electrons. The number of esters is 1. The molecule has 1 aromatic rings. The van der Waals surface area contributed by atoms with Gasteiger partial charge in [0.25, 0.3) is 0 Å². The highest BCUT2D eigenvalue weighted by molar-refractivity contribution is 5.86. The third-order valence-corrected chi connectivity index (χ3v) is 3.05. The second kappa shape index (κ2) is 9.62. The average Bonchev–Trinajstić information content (AvgIpc) is 2.89. The second-order valence-electron chi connectivity index (χ2n) is 4.70. The molecule has 1 N–H and O–H groups in total. The largest absolute Gasteiger partial charge is 0.463 e. The molecule has 0 spiro atoms. The highest BCUT2D eigenvalue weighted by Crippen LogP contribution is 2.09. The molecular formula is C15H25NO3. The molecule has 0 saturated heterocycles. The van der Waals surface area contributed by atoms with E-state index >= 15 is 0 Å². The maximum atomic E-state index is 11.2. The van der Waals surface area contributed by atoms with E-state index in [1.165, 1.54) is 45.6 Å². The number of furan rings is 1. The summed E-state index contributed by atoms with van der Waals surface area (Å²) in [7, 11) is 1.35. The van der Waals surface area contributed by atoms with Gasteiger partial charge >= 0.3 is 5.97 Å². The molecular weight excluding hydrogens is 242 g/mol. The van der Waals surface area contributed by atoms with Crippen LogP contribution in [0.2, 0.25) is 0 Å². The number of carbonyl (C=O) groups excluding carboxylic acids is 1. The summed E-state index contributed by atoms with van der Waals surface area (Å²) < 4.78 is 9.95. The van der Waals surface area contributed by atoms with Crippen molar-refractivity contribution in [1.29, 1.82) is 0 Å². The summed E-state index contributed by atoms with van der Waals surface area (Å²) in [5, 5.41) is 3.32. The fraction of sp³-hybridized carbons (Fsp3) is 0.667. The molecule has 1 heterocycles. The average molecular weight is 267 g/mol. The SMILES string of the molecule is CCCCCCCCNCc1ccc(C(=O)OC)o1. The molecule has 0 atom stereocenters. The van der Waals surface area contributed by atoms with Crippen LogP contribution < -0.4 is 5.32 Å². The van der Waals surface area contributed by atoms with Crippen molar-refractivity contribution in [2.24, 2.45) is 0 Å². The van der Waals surface area contributed by atoms with Crippen molar-refractivity contribution in [1.82, 2.24) is 5.32 Å². The van der Waals surface area contributed by atoms with Crippen LogP contribution in [0.25, 0.3) is 0 Å². The Kier molecular flexibility index (Phi) is 7.98. The summed E-state index contributed by atoms with van der Waals surface area (Å²) in [6.45, 7) is 3.87. The van der Waals surface area contributed by atoms with E-state index in [-0.39, 0.29) is 5.76 Å². The number of hydrogen-bond donors (Lipinski definition) is 1. The molecule has 1 aromatic heterocycles. The number of rotatable bonds is 10. The molecule has 4 heteroatoms. The minimum absolute atomic E-state index is 0.263. The fourth-order valence-corrected chi connectivity index (χ4v) is 1.93. The smallest absolute Gasteiger partial charge is 0.373 e. The molecule has 0 aliphatic rings. The van der Waals surface area contributed by atoms with Crippen molar-refractivity contribution in [3.05, 3.63) is 23.7 Å². The van der Waals surface area contributed by atoms with Crippen LogP contribution in [-0.2, 0) is 11.3 Å². The van der Waals surface area contributed by atoms with Crippen LogP contribution in [0, 0.1) is 0 Å². The van der Waals surface area contributed by atoms with Gasteiger partial charge in [-0.15, -0.1) is 0 Å². The van der Waals surface area contributed by atoms with Gasteiger partial charge in [0.2, 0.25) is 5.76 Å². The molecule has 0 aliphatic carbocycles. The number of nitrogens with one attached hydrogen (secondary N) is 1. The molecule has 0 aromatic carbocycles. The Balaban J connectivity index is 2.06. The Bertz CT molecular complexity index is 360. The quantitative estimate of drug-likeness (QED) is 0.520. The normalized spacial score (nSPS) is 10.6. The molecule has 19 heavy (non-hydrogen) atoms. The Morgan fingerprint density at radius 3 is 2.68 bits per heavy atom. The van der Waals surface area contributed by atoms with Crippen LogP contribution >= 0.6 is 0 Å². The van der Waals surface area contributed by atoms with Crippen LogP contribution in [0.3, 0.4) is 0 Å². The van der Waals surface area contributed by atoms with Crippen molar-refractivity contribution in [3.63, 3.8) is 0 Å². The van der Waals surface area contributed by atoms with Crippen LogP contribution in [0.1, 0.15) is 61.8 Å². The van der Waals surface area contributed by atoms with E-state index in [1.54, 1.807) is 12.1 Å². The number of methoxy groups -OCH3 is 1. The zero-order valence-electron chi connectivity index (χ0n) is 12.0. The number of unbranched alkanes of at least 4 members (excludes halogenated alkanes) is 5. The Morgan fingerprint density at radius 2 is 1.95 bits per heavy atom. The monoisotopic (exact) mass is 267 g/mol. The topological polar surface area (TPSA) is 51.5 Å². The van der Waals surface area contributed by atoms with E-state index < -0.39 is 5.97 Å². The van der Waals surface area contributed by atoms with Crippen LogP contribution in [0.4, 0.5) is 0 Å². The minimum atomic E-state index is -0.429. The van der Waals surface area contributed by atoms with Gasteiger partial charge in [-0.2, -0.15) is 0 Å². The van der Waals surface area contributed by atoms with E-state index in [9.17, 15) is 4.79 Å². The number of carbonyl (C=O) groups is 1. The lowest BCUT2D eigenvalue weighted by atomic mass is 10.1. The maximum absolute atomic E-state index is 11.2. The molecule has 0 saturated carbocycles. The highest BCUT2D eigenvalue weighted by atomic mass is 16.5. The van der Waals surface area contributed by atoms with Crippen LogP contribution in [0.15, 0.2) is 16.5 Å². The van der Waals surface area contributed by atoms with Gasteiger partial charge in [-0.25, -0.2) is 4.79 Å². The molecule has 0 fully saturated rings. The Hall–Kier alpha value is -1.29. The van der Waals surface area contributed by atoms with Crippen molar-refractivity contribution in [3.8, 4) is 0 Å². The van der Waals surface area contributed by atoms with Crippen LogP contribution in [-0.4, -0.2) is 19.6 Å². The lowest BCUT2D eigenvalue weighted by molar-refractivity contribution is 0.0563. The van der Waals surface area contributed by atoms with Crippen molar-refractivity contribution in [2.75, 3.05) is 13.7 Å².